The van der Waals surface area contributed by atoms with E-state index >= 15 is 0 Å². The third kappa shape index (κ3) is 4.93. The minimum atomic E-state index is -3.40. The van der Waals surface area contributed by atoms with Crippen molar-refractivity contribution >= 4 is 21.7 Å². The van der Waals surface area contributed by atoms with E-state index in [1.54, 1.807) is 0 Å². The molecule has 1 fully saturated rings. The fourth-order valence-electron chi connectivity index (χ4n) is 2.69. The molecular formula is C15H20N4O3S. The lowest BCUT2D eigenvalue weighted by Gasteiger charge is -2.30. The number of amides is 1. The van der Waals surface area contributed by atoms with Crippen LogP contribution in [-0.2, 0) is 10.0 Å². The highest BCUT2D eigenvalue weighted by atomic mass is 32.2. The van der Waals surface area contributed by atoms with Gasteiger partial charge >= 0.3 is 0 Å². The summed E-state index contributed by atoms with van der Waals surface area (Å²) in [6.45, 7) is 0.325. The number of nitriles is 1. The fraction of sp³-hybridized carbons (Fsp3) is 0.533. The van der Waals surface area contributed by atoms with E-state index in [0.29, 0.717) is 12.1 Å². The van der Waals surface area contributed by atoms with Crippen molar-refractivity contribution in [2.45, 2.75) is 32.1 Å². The van der Waals surface area contributed by atoms with E-state index in [-0.39, 0.29) is 11.7 Å². The number of rotatable bonds is 5. The molecular weight excluding hydrogens is 316 g/mol. The first-order valence-electron chi connectivity index (χ1n) is 7.47. The van der Waals surface area contributed by atoms with Gasteiger partial charge in [-0.25, -0.2) is 13.4 Å². The van der Waals surface area contributed by atoms with Gasteiger partial charge in [-0.1, -0.05) is 19.3 Å². The van der Waals surface area contributed by atoms with Crippen LogP contribution < -0.4 is 10.0 Å². The molecule has 0 aliphatic heterocycles. The summed E-state index contributed by atoms with van der Waals surface area (Å²) >= 11 is 0. The van der Waals surface area contributed by atoms with Gasteiger partial charge in [0.2, 0.25) is 10.0 Å². The average Bonchev–Trinajstić information content (AvgIpc) is 2.53. The van der Waals surface area contributed by atoms with Crippen LogP contribution in [-0.4, -0.2) is 32.1 Å². The SMILES string of the molecule is CS(=O)(=O)Nc1ccc(C(=O)NCC2(C#N)CCCCC2)cn1. The predicted molar refractivity (Wildman–Crippen MR) is 86.2 cm³/mol. The van der Waals surface area contributed by atoms with Crippen LogP contribution in [0.1, 0.15) is 42.5 Å². The first-order valence-corrected chi connectivity index (χ1v) is 9.36. The number of carbonyl (C=O) groups excluding carboxylic acids is 1. The number of nitrogens with one attached hydrogen (secondary N) is 2. The summed E-state index contributed by atoms with van der Waals surface area (Å²) in [4.78, 5) is 16.0. The van der Waals surface area contributed by atoms with Gasteiger partial charge in [0.15, 0.2) is 0 Å². The van der Waals surface area contributed by atoms with E-state index in [0.717, 1.165) is 38.4 Å². The molecule has 0 unspecified atom stereocenters. The molecule has 1 aliphatic rings. The van der Waals surface area contributed by atoms with Gasteiger partial charge in [0.1, 0.15) is 5.82 Å². The molecule has 0 radical (unpaired) electrons. The second kappa shape index (κ2) is 6.96. The highest BCUT2D eigenvalue weighted by molar-refractivity contribution is 7.92. The van der Waals surface area contributed by atoms with Crippen molar-refractivity contribution in [3.63, 3.8) is 0 Å². The van der Waals surface area contributed by atoms with Gasteiger partial charge in [-0.15, -0.1) is 0 Å². The largest absolute Gasteiger partial charge is 0.350 e. The molecule has 7 nitrogen and oxygen atoms in total. The second-order valence-electron chi connectivity index (χ2n) is 5.94. The Morgan fingerprint density at radius 1 is 1.35 bits per heavy atom. The maximum Gasteiger partial charge on any atom is 0.252 e. The predicted octanol–water partition coefficient (Wildman–Crippen LogP) is 1.66. The van der Waals surface area contributed by atoms with Crippen LogP contribution >= 0.6 is 0 Å². The zero-order valence-corrected chi connectivity index (χ0v) is 13.8. The van der Waals surface area contributed by atoms with Crippen LogP contribution in [0, 0.1) is 16.7 Å². The maximum absolute atomic E-state index is 12.1. The number of aromatic nitrogens is 1. The van der Waals surface area contributed by atoms with Gasteiger partial charge in [0, 0.05) is 12.7 Å². The summed E-state index contributed by atoms with van der Waals surface area (Å²) in [6.07, 6.45) is 7.10. The molecule has 1 saturated carbocycles. The van der Waals surface area contributed by atoms with E-state index in [1.807, 2.05) is 0 Å². The van der Waals surface area contributed by atoms with Crippen LogP contribution in [0.5, 0.6) is 0 Å². The summed E-state index contributed by atoms with van der Waals surface area (Å²) < 4.78 is 24.4. The molecule has 0 atom stereocenters. The first kappa shape index (κ1) is 17.2. The summed E-state index contributed by atoms with van der Waals surface area (Å²) in [5.74, 6) is -0.159. The molecule has 2 rings (SSSR count). The van der Waals surface area contributed by atoms with Gasteiger partial charge in [0.05, 0.1) is 23.3 Å². The minimum Gasteiger partial charge on any atom is -0.350 e. The molecule has 1 aromatic rings. The van der Waals surface area contributed by atoms with Crippen LogP contribution in [0.15, 0.2) is 18.3 Å². The van der Waals surface area contributed by atoms with Crippen molar-refractivity contribution in [1.82, 2.24) is 10.3 Å². The van der Waals surface area contributed by atoms with Crippen molar-refractivity contribution in [3.8, 4) is 6.07 Å². The van der Waals surface area contributed by atoms with Crippen molar-refractivity contribution in [3.05, 3.63) is 23.9 Å². The molecule has 1 heterocycles. The van der Waals surface area contributed by atoms with Crippen molar-refractivity contribution < 1.29 is 13.2 Å². The quantitative estimate of drug-likeness (QED) is 0.849. The summed E-state index contributed by atoms with van der Waals surface area (Å²) in [5, 5.41) is 12.2. The molecule has 8 heteroatoms. The smallest absolute Gasteiger partial charge is 0.252 e. The molecule has 1 amide bonds. The van der Waals surface area contributed by atoms with Crippen LogP contribution in [0.4, 0.5) is 5.82 Å². The number of hydrogen-bond donors (Lipinski definition) is 2. The topological polar surface area (TPSA) is 112 Å². The standard InChI is InChI=1S/C15H20N4O3S/c1-23(21,22)19-13-6-5-12(9-17-13)14(20)18-11-15(10-16)7-3-2-4-8-15/h5-6,9H,2-4,7-8,11H2,1H3,(H,17,19)(H,18,20). The van der Waals surface area contributed by atoms with E-state index in [4.69, 9.17) is 0 Å². The van der Waals surface area contributed by atoms with Gasteiger partial charge < -0.3 is 5.32 Å². The Hall–Kier alpha value is -2.14. The van der Waals surface area contributed by atoms with E-state index in [9.17, 15) is 18.5 Å². The monoisotopic (exact) mass is 336 g/mol. The average molecular weight is 336 g/mol. The van der Waals surface area contributed by atoms with Crippen LogP contribution in [0.25, 0.3) is 0 Å². The molecule has 23 heavy (non-hydrogen) atoms. The van der Waals surface area contributed by atoms with E-state index in [2.05, 4.69) is 21.1 Å². The Kier molecular flexibility index (Phi) is 5.21. The lowest BCUT2D eigenvalue weighted by atomic mass is 9.75. The molecule has 0 aromatic carbocycles. The highest BCUT2D eigenvalue weighted by Crippen LogP contribution is 2.34. The van der Waals surface area contributed by atoms with Crippen LogP contribution in [0.3, 0.4) is 0 Å². The molecule has 124 valence electrons. The number of anilines is 1. The van der Waals surface area contributed by atoms with Gasteiger partial charge in [-0.05, 0) is 25.0 Å². The van der Waals surface area contributed by atoms with Gasteiger partial charge in [0.25, 0.3) is 5.91 Å². The third-order valence-electron chi connectivity index (χ3n) is 3.95. The molecule has 0 saturated heterocycles. The lowest BCUT2D eigenvalue weighted by molar-refractivity contribution is 0.0931. The summed E-state index contributed by atoms with van der Waals surface area (Å²) in [5.41, 5.74) is -0.146. The summed E-state index contributed by atoms with van der Waals surface area (Å²) in [7, 11) is -3.40. The maximum atomic E-state index is 12.1. The van der Waals surface area contributed by atoms with Gasteiger partial charge in [-0.2, -0.15) is 5.26 Å². The first-order chi connectivity index (χ1) is 10.8. The Bertz CT molecular complexity index is 701. The van der Waals surface area contributed by atoms with Crippen molar-refractivity contribution in [1.29, 1.82) is 5.26 Å². The summed E-state index contributed by atoms with van der Waals surface area (Å²) in [6, 6.07) is 5.28. The highest BCUT2D eigenvalue weighted by Gasteiger charge is 2.32. The number of hydrogen-bond acceptors (Lipinski definition) is 5. The normalized spacial score (nSPS) is 17.0. The molecule has 0 bridgehead atoms. The Labute approximate surface area is 136 Å². The Morgan fingerprint density at radius 2 is 2.04 bits per heavy atom. The zero-order valence-electron chi connectivity index (χ0n) is 13.0. The Morgan fingerprint density at radius 3 is 2.57 bits per heavy atom. The molecule has 0 spiro atoms. The molecule has 2 N–H and O–H groups in total. The van der Waals surface area contributed by atoms with E-state index in [1.165, 1.54) is 18.3 Å². The van der Waals surface area contributed by atoms with Crippen molar-refractivity contribution in [2.75, 3.05) is 17.5 Å². The molecule has 1 aliphatic carbocycles. The number of sulfonamides is 1. The van der Waals surface area contributed by atoms with Crippen LogP contribution in [0.2, 0.25) is 0 Å². The Balaban J connectivity index is 1.97. The lowest BCUT2D eigenvalue weighted by Crippen LogP contribution is -2.38. The van der Waals surface area contributed by atoms with Gasteiger partial charge in [-0.3, -0.25) is 9.52 Å². The second-order valence-corrected chi connectivity index (χ2v) is 7.69. The number of nitrogens with zero attached hydrogens (tertiary/aromatic N) is 2. The minimum absolute atomic E-state index is 0.157. The molecule has 1 aromatic heterocycles. The number of carbonyl (C=O) groups is 1. The zero-order chi connectivity index (χ0) is 16.9. The van der Waals surface area contributed by atoms with E-state index < -0.39 is 15.4 Å². The number of pyridine rings is 1. The van der Waals surface area contributed by atoms with Crippen molar-refractivity contribution in [2.24, 2.45) is 5.41 Å². The third-order valence-corrected chi connectivity index (χ3v) is 4.53. The fourth-order valence-corrected chi connectivity index (χ4v) is 3.19.